The molecule has 2 aromatic carbocycles. The maximum absolute atomic E-state index is 12.6. The van der Waals surface area contributed by atoms with Crippen LogP contribution in [-0.4, -0.2) is 41.8 Å². The average Bonchev–Trinajstić information content (AvgIpc) is 3.12. The van der Waals surface area contributed by atoms with E-state index in [4.69, 9.17) is 9.47 Å². The van der Waals surface area contributed by atoms with E-state index in [1.165, 1.54) is 30.3 Å². The van der Waals surface area contributed by atoms with Gasteiger partial charge in [0.25, 0.3) is 0 Å². The van der Waals surface area contributed by atoms with E-state index in [1.54, 1.807) is 13.0 Å². The van der Waals surface area contributed by atoms with Crippen LogP contribution in [0.3, 0.4) is 0 Å². The van der Waals surface area contributed by atoms with Gasteiger partial charge in [-0.2, -0.15) is 0 Å². The van der Waals surface area contributed by atoms with Crippen LogP contribution >= 0.6 is 0 Å². The Morgan fingerprint density at radius 1 is 1.12 bits per heavy atom. The summed E-state index contributed by atoms with van der Waals surface area (Å²) in [5.74, 6) is -8.10. The summed E-state index contributed by atoms with van der Waals surface area (Å²) in [4.78, 5) is 22.4. The minimum atomic E-state index is -4.90. The number of fused-ring (bicyclic) bond motifs is 1. The van der Waals surface area contributed by atoms with Gasteiger partial charge < -0.3 is 44.4 Å². The zero-order valence-corrected chi connectivity index (χ0v) is 17.0. The molecule has 0 saturated carbocycles. The molecule has 0 spiro atoms. The topological polar surface area (TPSA) is 140 Å². The number of nitrogens with one attached hydrogen (secondary N) is 1. The van der Waals surface area contributed by atoms with Crippen LogP contribution in [0.25, 0.3) is 0 Å². The molecule has 0 aromatic heterocycles. The Bertz CT molecular complexity index is 1030. The van der Waals surface area contributed by atoms with Gasteiger partial charge in [-0.25, -0.2) is 0 Å². The highest BCUT2D eigenvalue weighted by molar-refractivity contribution is 5.99. The highest BCUT2D eigenvalue weighted by atomic mass is 19.4. The lowest BCUT2D eigenvalue weighted by Gasteiger charge is -2.28. The highest BCUT2D eigenvalue weighted by Gasteiger charge is 2.45. The number of aliphatic carboxylic acids is 2. The van der Waals surface area contributed by atoms with Gasteiger partial charge in [0.1, 0.15) is 17.7 Å². The highest BCUT2D eigenvalue weighted by Crippen LogP contribution is 2.40. The Morgan fingerprint density at radius 3 is 2.39 bits per heavy atom. The first-order chi connectivity index (χ1) is 15.4. The molecular weight excluding hydrogens is 451 g/mol. The van der Waals surface area contributed by atoms with Gasteiger partial charge in [-0.15, -0.1) is 13.2 Å². The lowest BCUT2D eigenvalue weighted by atomic mass is 10.0. The number of ether oxygens (including phenoxy) is 3. The summed E-state index contributed by atoms with van der Waals surface area (Å²) in [6.45, 7) is 1.64. The first-order valence-electron chi connectivity index (χ1n) is 9.61. The minimum Gasteiger partial charge on any atom is -0.542 e. The third-order valence-corrected chi connectivity index (χ3v) is 4.76. The quantitative estimate of drug-likeness (QED) is 0.478. The van der Waals surface area contributed by atoms with Crippen LogP contribution in [-0.2, 0) is 16.0 Å². The fourth-order valence-electron chi connectivity index (χ4n) is 3.25. The van der Waals surface area contributed by atoms with Crippen LogP contribution in [0.4, 0.5) is 13.2 Å². The minimum absolute atomic E-state index is 0.0431. The fourth-order valence-corrected chi connectivity index (χ4v) is 3.25. The van der Waals surface area contributed by atoms with E-state index < -0.39 is 35.9 Å². The Morgan fingerprint density at radius 2 is 1.76 bits per heavy atom. The van der Waals surface area contributed by atoms with Crippen molar-refractivity contribution in [3.63, 3.8) is 0 Å². The van der Waals surface area contributed by atoms with Gasteiger partial charge >= 0.3 is 12.1 Å². The molecule has 1 aliphatic heterocycles. The monoisotopic (exact) mass is 469 g/mol. The predicted molar refractivity (Wildman–Crippen MR) is 99.7 cm³/mol. The Kier molecular flexibility index (Phi) is 6.70. The van der Waals surface area contributed by atoms with Gasteiger partial charge in [-0.1, -0.05) is 24.3 Å². The molecule has 0 radical (unpaired) electrons. The van der Waals surface area contributed by atoms with Crippen molar-refractivity contribution in [2.75, 3.05) is 6.54 Å². The van der Waals surface area contributed by atoms with Crippen molar-refractivity contribution >= 4 is 11.9 Å². The van der Waals surface area contributed by atoms with E-state index in [1.807, 2.05) is 0 Å². The number of carbonyl (C=O) groups excluding carboxylic acids is 2. The summed E-state index contributed by atoms with van der Waals surface area (Å²) in [7, 11) is 0. The van der Waals surface area contributed by atoms with Crippen molar-refractivity contribution < 1.29 is 52.3 Å². The van der Waals surface area contributed by atoms with E-state index in [-0.39, 0.29) is 29.6 Å². The molecule has 1 heterocycles. The Hall–Kier alpha value is -3.51. The normalized spacial score (nSPS) is 16.2. The molecule has 0 fully saturated rings. The molecule has 2 N–H and O–H groups in total. The van der Waals surface area contributed by atoms with Gasteiger partial charge in [0.05, 0.1) is 6.10 Å². The van der Waals surface area contributed by atoms with Crippen LogP contribution in [0.2, 0.25) is 0 Å². The van der Waals surface area contributed by atoms with Crippen molar-refractivity contribution in [2.45, 2.75) is 37.6 Å². The van der Waals surface area contributed by atoms with Gasteiger partial charge in [-0.3, -0.25) is 0 Å². The van der Waals surface area contributed by atoms with Gasteiger partial charge in [-0.05, 0) is 37.1 Å². The zero-order chi connectivity index (χ0) is 24.4. The maximum atomic E-state index is 12.6. The number of aliphatic hydroxyl groups is 1. The van der Waals surface area contributed by atoms with E-state index in [0.29, 0.717) is 12.0 Å². The van der Waals surface area contributed by atoms with Gasteiger partial charge in [0.2, 0.25) is 0 Å². The number of benzene rings is 2. The van der Waals surface area contributed by atoms with Crippen molar-refractivity contribution in [2.24, 2.45) is 0 Å². The molecule has 3 rings (SSSR count). The summed E-state index contributed by atoms with van der Waals surface area (Å²) >= 11 is 0. The van der Waals surface area contributed by atoms with Crippen molar-refractivity contribution in [1.29, 1.82) is 0 Å². The molecule has 2 atom stereocenters. The second-order valence-corrected chi connectivity index (χ2v) is 7.29. The van der Waals surface area contributed by atoms with E-state index >= 15 is 0 Å². The summed E-state index contributed by atoms with van der Waals surface area (Å²) in [5, 5.41) is 35.7. The SMILES string of the molecule is C[C@@H](Cc1ccc2c(c1)OC(C(=O)[O-])(C(=O)[O-])O2)NC[C@H](O)c1ccccc1OC(F)(F)F. The Labute approximate surface area is 185 Å². The average molecular weight is 469 g/mol. The molecule has 178 valence electrons. The number of carbonyl (C=O) groups is 2. The summed E-state index contributed by atoms with van der Waals surface area (Å²) in [6, 6.07) is 9.18. The number of rotatable bonds is 9. The number of aliphatic hydroxyl groups excluding tert-OH is 1. The fraction of sp³-hybridized carbons (Fsp3) is 0.333. The molecule has 0 unspecified atom stereocenters. The molecule has 9 nitrogen and oxygen atoms in total. The molecular formula is C21H18F3NO8-2. The second-order valence-electron chi connectivity index (χ2n) is 7.29. The molecule has 33 heavy (non-hydrogen) atoms. The number of carboxylic acid groups (broad SMARTS) is 2. The third kappa shape index (κ3) is 5.46. The second kappa shape index (κ2) is 9.16. The van der Waals surface area contributed by atoms with Crippen LogP contribution in [0.15, 0.2) is 42.5 Å². The van der Waals surface area contributed by atoms with E-state index in [2.05, 4.69) is 10.1 Å². The van der Waals surface area contributed by atoms with Crippen LogP contribution in [0, 0.1) is 0 Å². The summed E-state index contributed by atoms with van der Waals surface area (Å²) in [5.41, 5.74) is 0.554. The first kappa shape index (κ1) is 24.1. The predicted octanol–water partition coefficient (Wildman–Crippen LogP) is -0.193. The summed E-state index contributed by atoms with van der Waals surface area (Å²) < 4.78 is 51.4. The molecule has 0 saturated heterocycles. The lowest BCUT2D eigenvalue weighted by molar-refractivity contribution is -0.362. The number of carboxylic acids is 2. The Balaban J connectivity index is 1.62. The molecule has 0 aliphatic carbocycles. The third-order valence-electron chi connectivity index (χ3n) is 4.76. The van der Waals surface area contributed by atoms with E-state index in [0.717, 1.165) is 6.07 Å². The molecule has 1 aliphatic rings. The van der Waals surface area contributed by atoms with Crippen molar-refractivity contribution in [1.82, 2.24) is 5.32 Å². The smallest absolute Gasteiger partial charge is 0.542 e. The van der Waals surface area contributed by atoms with Crippen LogP contribution in [0.1, 0.15) is 24.2 Å². The number of halogens is 3. The standard InChI is InChI=1S/C21H20F3NO8/c1-11(25-10-14(26)13-4-2-3-5-15(13)33-21(22,23)24)8-12-6-7-16-17(9-12)32-20(31-16,18(27)28)19(29)30/h2-7,9,11,14,25-26H,8,10H2,1H3,(H,27,28)(H,29,30)/p-2/t11-,14-/m0/s1. The number of hydrogen-bond acceptors (Lipinski definition) is 9. The van der Waals surface area contributed by atoms with Crippen LogP contribution < -0.4 is 29.7 Å². The number of para-hydroxylation sites is 1. The molecule has 0 amide bonds. The maximum Gasteiger partial charge on any atom is 0.573 e. The van der Waals surface area contributed by atoms with E-state index in [9.17, 15) is 38.1 Å². The van der Waals surface area contributed by atoms with Gasteiger partial charge in [0, 0.05) is 18.2 Å². The molecule has 0 bridgehead atoms. The summed E-state index contributed by atoms with van der Waals surface area (Å²) in [6.07, 6.45) is -5.89. The first-order valence-corrected chi connectivity index (χ1v) is 9.61. The number of hydrogen-bond donors (Lipinski definition) is 2. The van der Waals surface area contributed by atoms with Gasteiger partial charge in [0.15, 0.2) is 11.5 Å². The zero-order valence-electron chi connectivity index (χ0n) is 17.0. The van der Waals surface area contributed by atoms with Crippen LogP contribution in [0.5, 0.6) is 17.2 Å². The number of alkyl halides is 3. The van der Waals surface area contributed by atoms with Crippen molar-refractivity contribution in [3.05, 3.63) is 53.6 Å². The van der Waals surface area contributed by atoms with Crippen molar-refractivity contribution in [3.8, 4) is 17.2 Å². The molecule has 12 heteroatoms. The molecule has 2 aromatic rings. The largest absolute Gasteiger partial charge is 0.573 e. The lowest BCUT2D eigenvalue weighted by Crippen LogP contribution is -2.64.